The fourth-order valence-corrected chi connectivity index (χ4v) is 3.27. The van der Waals surface area contributed by atoms with E-state index in [0.29, 0.717) is 19.8 Å². The molecule has 0 bridgehead atoms. The Balaban J connectivity index is 1.71. The Morgan fingerprint density at radius 2 is 2.04 bits per heavy atom. The van der Waals surface area contributed by atoms with Gasteiger partial charge in [-0.15, -0.1) is 0 Å². The molecule has 0 radical (unpaired) electrons. The number of ether oxygens (including phenoxy) is 2. The molecule has 1 aliphatic rings. The number of carbonyl (C=O) groups is 1. The molecule has 1 aliphatic heterocycles. The van der Waals surface area contributed by atoms with E-state index in [2.05, 4.69) is 13.0 Å². The average Bonchev–Trinajstić information content (AvgIpc) is 2.55. The summed E-state index contributed by atoms with van der Waals surface area (Å²) in [5, 5.41) is 10.2. The van der Waals surface area contributed by atoms with Gasteiger partial charge < -0.3 is 19.5 Å². The molecule has 0 saturated carbocycles. The molecule has 5 nitrogen and oxygen atoms in total. The number of nitrogens with one attached hydrogen (secondary N) is 1. The molecule has 1 atom stereocenters. The van der Waals surface area contributed by atoms with Crippen LogP contribution in [0, 0.1) is 19.8 Å². The molecular weight excluding hydrogens is 306 g/mol. The van der Waals surface area contributed by atoms with Crippen molar-refractivity contribution in [2.45, 2.75) is 39.7 Å². The second-order valence-corrected chi connectivity index (χ2v) is 6.71. The number of carbonyl (C=O) groups excluding carboxylic acids is 1. The maximum absolute atomic E-state index is 11.7. The van der Waals surface area contributed by atoms with E-state index >= 15 is 0 Å². The summed E-state index contributed by atoms with van der Waals surface area (Å²) >= 11 is 0. The third kappa shape index (κ3) is 5.49. The van der Waals surface area contributed by atoms with E-state index in [4.69, 9.17) is 9.47 Å². The Labute approximate surface area is 144 Å². The molecule has 1 aromatic carbocycles. The molecule has 1 fully saturated rings. The maximum Gasteiger partial charge on any atom is 0.309 e. The Hall–Kier alpha value is -1.59. The number of piperidine rings is 1. The van der Waals surface area contributed by atoms with Crippen molar-refractivity contribution >= 4 is 5.97 Å². The van der Waals surface area contributed by atoms with Gasteiger partial charge >= 0.3 is 5.97 Å². The smallest absolute Gasteiger partial charge is 0.309 e. The quantitative estimate of drug-likeness (QED) is 0.727. The van der Waals surface area contributed by atoms with Crippen LogP contribution in [-0.2, 0) is 9.53 Å². The lowest BCUT2D eigenvalue weighted by Crippen LogP contribution is -3.14. The largest absolute Gasteiger partial charge is 0.490 e. The monoisotopic (exact) mass is 336 g/mol. The number of hydrogen-bond donors (Lipinski definition) is 2. The highest BCUT2D eigenvalue weighted by Gasteiger charge is 2.29. The minimum Gasteiger partial charge on any atom is -0.490 e. The Bertz CT molecular complexity index is 538. The van der Waals surface area contributed by atoms with Crippen molar-refractivity contribution in [3.05, 3.63) is 29.3 Å². The average molecular weight is 336 g/mol. The number of hydrogen-bond acceptors (Lipinski definition) is 4. The zero-order valence-electron chi connectivity index (χ0n) is 15.0. The van der Waals surface area contributed by atoms with Crippen LogP contribution in [0.5, 0.6) is 5.75 Å². The van der Waals surface area contributed by atoms with Crippen molar-refractivity contribution in [3.8, 4) is 5.75 Å². The highest BCUT2D eigenvalue weighted by Crippen LogP contribution is 2.18. The van der Waals surface area contributed by atoms with Crippen LogP contribution < -0.4 is 9.64 Å². The number of quaternary nitrogens is 1. The van der Waals surface area contributed by atoms with Crippen LogP contribution in [0.4, 0.5) is 0 Å². The molecule has 0 aliphatic carbocycles. The first-order valence-corrected chi connectivity index (χ1v) is 8.88. The first kappa shape index (κ1) is 18.7. The molecule has 0 aromatic heterocycles. The summed E-state index contributed by atoms with van der Waals surface area (Å²) in [6, 6.07) is 6.04. The third-order valence-electron chi connectivity index (χ3n) is 4.60. The molecule has 0 unspecified atom stereocenters. The molecule has 0 spiro atoms. The van der Waals surface area contributed by atoms with Crippen molar-refractivity contribution in [2.24, 2.45) is 5.92 Å². The summed E-state index contributed by atoms with van der Waals surface area (Å²) in [7, 11) is 0. The number of rotatable bonds is 7. The van der Waals surface area contributed by atoms with Crippen LogP contribution in [0.3, 0.4) is 0 Å². The van der Waals surface area contributed by atoms with Gasteiger partial charge in [0.1, 0.15) is 25.0 Å². The molecule has 1 saturated heterocycles. The van der Waals surface area contributed by atoms with Gasteiger partial charge in [-0.25, -0.2) is 0 Å². The second-order valence-electron chi connectivity index (χ2n) is 6.71. The van der Waals surface area contributed by atoms with Crippen molar-refractivity contribution < 1.29 is 24.3 Å². The lowest BCUT2D eigenvalue weighted by Gasteiger charge is -2.29. The number of aliphatic hydroxyl groups excluding tert-OH is 1. The van der Waals surface area contributed by atoms with Gasteiger partial charge in [0.2, 0.25) is 0 Å². The SMILES string of the molecule is CCOC(=O)C1CC[NH+](C[C@H](O)COc2ccc(C)cc2C)CC1. The predicted molar refractivity (Wildman–Crippen MR) is 92.3 cm³/mol. The fraction of sp³-hybridized carbons (Fsp3) is 0.632. The zero-order chi connectivity index (χ0) is 17.5. The Morgan fingerprint density at radius 1 is 1.33 bits per heavy atom. The minimum atomic E-state index is -0.500. The lowest BCUT2D eigenvalue weighted by atomic mass is 9.97. The van der Waals surface area contributed by atoms with Crippen LogP contribution in [-0.4, -0.2) is 50.0 Å². The van der Waals surface area contributed by atoms with Crippen molar-refractivity contribution in [1.82, 2.24) is 0 Å². The maximum atomic E-state index is 11.7. The number of aliphatic hydroxyl groups is 1. The minimum absolute atomic E-state index is 0.0253. The van der Waals surface area contributed by atoms with Crippen LogP contribution in [0.1, 0.15) is 30.9 Å². The standard InChI is InChI=1S/C19H29NO4/c1-4-23-19(22)16-7-9-20(10-8-16)12-17(21)13-24-18-6-5-14(2)11-15(18)3/h5-6,11,16-17,21H,4,7-10,12-13H2,1-3H3/p+1/t17-/m0/s1. The third-order valence-corrected chi connectivity index (χ3v) is 4.60. The molecule has 1 heterocycles. The molecular formula is C19H30NO4+. The van der Waals surface area contributed by atoms with E-state index in [-0.39, 0.29) is 11.9 Å². The molecule has 0 amide bonds. The fourth-order valence-electron chi connectivity index (χ4n) is 3.27. The molecule has 134 valence electrons. The summed E-state index contributed by atoms with van der Waals surface area (Å²) < 4.78 is 10.8. The number of aryl methyl sites for hydroxylation is 2. The highest BCUT2D eigenvalue weighted by atomic mass is 16.5. The first-order chi connectivity index (χ1) is 11.5. The van der Waals surface area contributed by atoms with Gasteiger partial charge in [-0.3, -0.25) is 4.79 Å². The predicted octanol–water partition coefficient (Wildman–Crippen LogP) is 0.901. The number of benzene rings is 1. The molecule has 1 aromatic rings. The topological polar surface area (TPSA) is 60.2 Å². The highest BCUT2D eigenvalue weighted by molar-refractivity contribution is 5.72. The van der Waals surface area contributed by atoms with Crippen LogP contribution in [0.2, 0.25) is 0 Å². The van der Waals surface area contributed by atoms with Crippen LogP contribution >= 0.6 is 0 Å². The Morgan fingerprint density at radius 3 is 2.67 bits per heavy atom. The molecule has 2 N–H and O–H groups in total. The lowest BCUT2D eigenvalue weighted by molar-refractivity contribution is -0.908. The van der Waals surface area contributed by atoms with Crippen molar-refractivity contribution in [3.63, 3.8) is 0 Å². The van der Waals surface area contributed by atoms with Crippen molar-refractivity contribution in [2.75, 3.05) is 32.8 Å². The number of likely N-dealkylation sites (tertiary alicyclic amines) is 1. The summed E-state index contributed by atoms with van der Waals surface area (Å²) in [5.74, 6) is 0.781. The van der Waals surface area contributed by atoms with Crippen molar-refractivity contribution in [1.29, 1.82) is 0 Å². The van der Waals surface area contributed by atoms with Gasteiger partial charge in [0.25, 0.3) is 0 Å². The van der Waals surface area contributed by atoms with Gasteiger partial charge in [-0.1, -0.05) is 17.7 Å². The van der Waals surface area contributed by atoms with Gasteiger partial charge in [-0.05, 0) is 32.4 Å². The summed E-state index contributed by atoms with van der Waals surface area (Å²) in [6.07, 6.45) is 1.16. The van der Waals surface area contributed by atoms with Crippen LogP contribution in [0.15, 0.2) is 18.2 Å². The summed E-state index contributed by atoms with van der Waals surface area (Å²) in [5.41, 5.74) is 2.29. The van der Waals surface area contributed by atoms with E-state index in [0.717, 1.165) is 37.2 Å². The van der Waals surface area contributed by atoms with Gasteiger partial charge in [0, 0.05) is 12.8 Å². The molecule has 5 heteroatoms. The molecule has 2 rings (SSSR count). The second kappa shape index (κ2) is 9.04. The van der Waals surface area contributed by atoms with Gasteiger partial charge in [0.05, 0.1) is 25.6 Å². The van der Waals surface area contributed by atoms with Crippen LogP contribution in [0.25, 0.3) is 0 Å². The summed E-state index contributed by atoms with van der Waals surface area (Å²) in [4.78, 5) is 13.1. The zero-order valence-corrected chi connectivity index (χ0v) is 15.0. The normalized spacial score (nSPS) is 22.0. The van der Waals surface area contributed by atoms with E-state index in [1.165, 1.54) is 10.5 Å². The number of esters is 1. The van der Waals surface area contributed by atoms with Gasteiger partial charge in [0.15, 0.2) is 0 Å². The van der Waals surface area contributed by atoms with Gasteiger partial charge in [-0.2, -0.15) is 0 Å². The Kier molecular flexibility index (Phi) is 7.06. The van der Waals surface area contributed by atoms with E-state index < -0.39 is 6.10 Å². The summed E-state index contributed by atoms with van der Waals surface area (Å²) in [6.45, 7) is 9.09. The van der Waals surface area contributed by atoms with E-state index in [9.17, 15) is 9.90 Å². The first-order valence-electron chi connectivity index (χ1n) is 8.88. The van der Waals surface area contributed by atoms with E-state index in [1.54, 1.807) is 0 Å². The molecule has 24 heavy (non-hydrogen) atoms. The van der Waals surface area contributed by atoms with E-state index in [1.807, 2.05) is 26.0 Å².